The Balaban J connectivity index is 3.33. The van der Waals surface area contributed by atoms with E-state index in [-0.39, 0.29) is 6.61 Å². The number of rotatable bonds is 7. The average Bonchev–Trinajstić information content (AvgIpc) is 2.05. The van der Waals surface area contributed by atoms with Gasteiger partial charge in [0.2, 0.25) is 0 Å². The van der Waals surface area contributed by atoms with Gasteiger partial charge in [-0.25, -0.2) is 0 Å². The molecular formula is C9H18O2. The quantitative estimate of drug-likeness (QED) is 0.570. The van der Waals surface area contributed by atoms with E-state index in [0.717, 1.165) is 25.9 Å². The standard InChI is InChI=1S/C9H18O2/c1-3-9(5-4-7-10)6-8-11-2/h3,9-10H,1,4-8H2,2H3. The van der Waals surface area contributed by atoms with Crippen LogP contribution in [-0.4, -0.2) is 25.4 Å². The van der Waals surface area contributed by atoms with Crippen molar-refractivity contribution in [2.75, 3.05) is 20.3 Å². The minimum Gasteiger partial charge on any atom is -0.396 e. The molecule has 0 aromatic heterocycles. The van der Waals surface area contributed by atoms with Gasteiger partial charge in [-0.2, -0.15) is 0 Å². The number of aliphatic hydroxyl groups is 1. The maximum absolute atomic E-state index is 8.57. The maximum Gasteiger partial charge on any atom is 0.0467 e. The van der Waals surface area contributed by atoms with E-state index in [1.165, 1.54) is 0 Å². The molecule has 1 atom stereocenters. The monoisotopic (exact) mass is 158 g/mol. The van der Waals surface area contributed by atoms with Crippen molar-refractivity contribution in [1.29, 1.82) is 0 Å². The summed E-state index contributed by atoms with van der Waals surface area (Å²) in [6, 6.07) is 0. The Bertz CT molecular complexity index is 83.6. The van der Waals surface area contributed by atoms with Crippen LogP contribution < -0.4 is 0 Å². The Morgan fingerprint density at radius 3 is 2.73 bits per heavy atom. The molecule has 0 aliphatic carbocycles. The maximum atomic E-state index is 8.57. The van der Waals surface area contributed by atoms with Gasteiger partial charge in [0.05, 0.1) is 0 Å². The van der Waals surface area contributed by atoms with Crippen LogP contribution in [0, 0.1) is 5.92 Å². The van der Waals surface area contributed by atoms with Gasteiger partial charge in [0.25, 0.3) is 0 Å². The van der Waals surface area contributed by atoms with Crippen molar-refractivity contribution in [3.8, 4) is 0 Å². The molecule has 0 saturated carbocycles. The summed E-state index contributed by atoms with van der Waals surface area (Å²) in [4.78, 5) is 0. The summed E-state index contributed by atoms with van der Waals surface area (Å²) in [7, 11) is 1.70. The van der Waals surface area contributed by atoms with Crippen LogP contribution in [0.3, 0.4) is 0 Å². The van der Waals surface area contributed by atoms with Gasteiger partial charge in [0, 0.05) is 20.3 Å². The first-order valence-electron chi connectivity index (χ1n) is 4.07. The summed E-state index contributed by atoms with van der Waals surface area (Å²) >= 11 is 0. The number of allylic oxidation sites excluding steroid dienone is 1. The molecule has 2 nitrogen and oxygen atoms in total. The second-order valence-electron chi connectivity index (χ2n) is 2.64. The summed E-state index contributed by atoms with van der Waals surface area (Å²) in [6.07, 6.45) is 4.83. The highest BCUT2D eigenvalue weighted by Gasteiger charge is 2.02. The Labute approximate surface area is 68.9 Å². The van der Waals surface area contributed by atoms with Gasteiger partial charge in [-0.05, 0) is 25.2 Å². The Kier molecular flexibility index (Phi) is 7.52. The molecule has 66 valence electrons. The highest BCUT2D eigenvalue weighted by atomic mass is 16.5. The van der Waals surface area contributed by atoms with E-state index in [1.54, 1.807) is 7.11 Å². The molecule has 0 heterocycles. The number of methoxy groups -OCH3 is 1. The molecule has 0 radical (unpaired) electrons. The zero-order valence-electron chi connectivity index (χ0n) is 7.25. The van der Waals surface area contributed by atoms with Gasteiger partial charge in [0.1, 0.15) is 0 Å². The van der Waals surface area contributed by atoms with Crippen molar-refractivity contribution in [2.24, 2.45) is 5.92 Å². The minimum atomic E-state index is 0.275. The lowest BCUT2D eigenvalue weighted by Gasteiger charge is -2.09. The highest BCUT2D eigenvalue weighted by molar-refractivity contribution is 4.78. The largest absolute Gasteiger partial charge is 0.396 e. The summed E-state index contributed by atoms with van der Waals surface area (Å²) in [5.74, 6) is 0.502. The van der Waals surface area contributed by atoms with Crippen LogP contribution in [0.25, 0.3) is 0 Å². The van der Waals surface area contributed by atoms with Gasteiger partial charge < -0.3 is 9.84 Å². The van der Waals surface area contributed by atoms with Crippen LogP contribution in [0.15, 0.2) is 12.7 Å². The molecule has 11 heavy (non-hydrogen) atoms. The third-order valence-electron chi connectivity index (χ3n) is 1.76. The smallest absolute Gasteiger partial charge is 0.0467 e. The van der Waals surface area contributed by atoms with Gasteiger partial charge >= 0.3 is 0 Å². The van der Waals surface area contributed by atoms with Crippen LogP contribution in [0.4, 0.5) is 0 Å². The van der Waals surface area contributed by atoms with Crippen molar-refractivity contribution in [3.05, 3.63) is 12.7 Å². The normalized spacial score (nSPS) is 12.9. The fourth-order valence-corrected chi connectivity index (χ4v) is 1.00. The zero-order valence-corrected chi connectivity index (χ0v) is 7.25. The van der Waals surface area contributed by atoms with Crippen LogP contribution >= 0.6 is 0 Å². The topological polar surface area (TPSA) is 29.5 Å². The van der Waals surface area contributed by atoms with E-state index < -0.39 is 0 Å². The molecule has 0 fully saturated rings. The van der Waals surface area contributed by atoms with E-state index in [9.17, 15) is 0 Å². The molecule has 0 aliphatic heterocycles. The fourth-order valence-electron chi connectivity index (χ4n) is 1.00. The third kappa shape index (κ3) is 6.07. The summed E-state index contributed by atoms with van der Waals surface area (Å²) in [5, 5.41) is 8.57. The number of hydrogen-bond donors (Lipinski definition) is 1. The molecule has 0 amide bonds. The van der Waals surface area contributed by atoms with Crippen molar-refractivity contribution >= 4 is 0 Å². The lowest BCUT2D eigenvalue weighted by molar-refractivity contribution is 0.180. The number of aliphatic hydroxyl groups excluding tert-OH is 1. The Morgan fingerprint density at radius 2 is 2.27 bits per heavy atom. The van der Waals surface area contributed by atoms with Crippen LogP contribution in [0.1, 0.15) is 19.3 Å². The van der Waals surface area contributed by atoms with Crippen molar-refractivity contribution < 1.29 is 9.84 Å². The first kappa shape index (κ1) is 10.7. The van der Waals surface area contributed by atoms with E-state index in [4.69, 9.17) is 9.84 Å². The molecular weight excluding hydrogens is 140 g/mol. The minimum absolute atomic E-state index is 0.275. The fraction of sp³-hybridized carbons (Fsp3) is 0.778. The van der Waals surface area contributed by atoms with Crippen molar-refractivity contribution in [1.82, 2.24) is 0 Å². The van der Waals surface area contributed by atoms with Crippen LogP contribution in [-0.2, 0) is 4.74 Å². The molecule has 2 heteroatoms. The predicted octanol–water partition coefficient (Wildman–Crippen LogP) is 1.60. The second-order valence-corrected chi connectivity index (χ2v) is 2.64. The van der Waals surface area contributed by atoms with E-state index >= 15 is 0 Å². The van der Waals surface area contributed by atoms with E-state index in [0.29, 0.717) is 5.92 Å². The molecule has 1 N–H and O–H groups in total. The molecule has 0 aromatic rings. The average molecular weight is 158 g/mol. The molecule has 0 aromatic carbocycles. The molecule has 0 spiro atoms. The molecule has 0 saturated heterocycles. The van der Waals surface area contributed by atoms with Crippen LogP contribution in [0.2, 0.25) is 0 Å². The van der Waals surface area contributed by atoms with E-state index in [2.05, 4.69) is 6.58 Å². The molecule has 0 bridgehead atoms. The Morgan fingerprint density at radius 1 is 1.55 bits per heavy atom. The lowest BCUT2D eigenvalue weighted by Crippen LogP contribution is -2.02. The molecule has 0 rings (SSSR count). The van der Waals surface area contributed by atoms with Gasteiger partial charge in [-0.1, -0.05) is 6.08 Å². The second kappa shape index (κ2) is 7.76. The zero-order chi connectivity index (χ0) is 8.53. The van der Waals surface area contributed by atoms with Gasteiger partial charge in [-0.15, -0.1) is 6.58 Å². The summed E-state index contributed by atoms with van der Waals surface area (Å²) in [5.41, 5.74) is 0. The first-order chi connectivity index (χ1) is 5.35. The van der Waals surface area contributed by atoms with Crippen molar-refractivity contribution in [3.63, 3.8) is 0 Å². The van der Waals surface area contributed by atoms with E-state index in [1.807, 2.05) is 6.08 Å². The van der Waals surface area contributed by atoms with Crippen LogP contribution in [0.5, 0.6) is 0 Å². The van der Waals surface area contributed by atoms with Gasteiger partial charge in [-0.3, -0.25) is 0 Å². The predicted molar refractivity (Wildman–Crippen MR) is 46.5 cm³/mol. The highest BCUT2D eigenvalue weighted by Crippen LogP contribution is 2.11. The number of hydrogen-bond acceptors (Lipinski definition) is 2. The third-order valence-corrected chi connectivity index (χ3v) is 1.76. The Hall–Kier alpha value is -0.340. The first-order valence-corrected chi connectivity index (χ1v) is 4.07. The molecule has 1 unspecified atom stereocenters. The lowest BCUT2D eigenvalue weighted by atomic mass is 10.0. The summed E-state index contributed by atoms with van der Waals surface area (Å²) < 4.78 is 4.94. The van der Waals surface area contributed by atoms with Crippen molar-refractivity contribution in [2.45, 2.75) is 19.3 Å². The molecule has 0 aliphatic rings. The SMILES string of the molecule is C=CC(CCCO)CCOC. The number of ether oxygens (including phenoxy) is 1. The summed E-state index contributed by atoms with van der Waals surface area (Å²) in [6.45, 7) is 4.78. The van der Waals surface area contributed by atoms with Gasteiger partial charge in [0.15, 0.2) is 0 Å².